The molecule has 0 saturated carbocycles. The van der Waals surface area contributed by atoms with Crippen molar-refractivity contribution >= 4 is 17.3 Å². The fraction of sp³-hybridized carbons (Fsp3) is 0.143. The highest BCUT2D eigenvalue weighted by Gasteiger charge is 2.13. The van der Waals surface area contributed by atoms with Crippen LogP contribution in [0.15, 0.2) is 36.4 Å². The van der Waals surface area contributed by atoms with Gasteiger partial charge in [0.2, 0.25) is 0 Å². The van der Waals surface area contributed by atoms with Crippen molar-refractivity contribution in [3.05, 3.63) is 64.4 Å². The number of rotatable bonds is 4. The van der Waals surface area contributed by atoms with Crippen LogP contribution >= 0.6 is 11.6 Å². The van der Waals surface area contributed by atoms with Gasteiger partial charge < -0.3 is 10.4 Å². The van der Waals surface area contributed by atoms with E-state index in [2.05, 4.69) is 5.32 Å². The van der Waals surface area contributed by atoms with E-state index >= 15 is 0 Å². The molecule has 0 aliphatic rings. The van der Waals surface area contributed by atoms with E-state index in [1.54, 1.807) is 0 Å². The second-order valence-electron chi connectivity index (χ2n) is 4.22. The Labute approximate surface area is 118 Å². The second kappa shape index (κ2) is 6.15. The number of nitrogens with one attached hydrogen (secondary N) is 1. The second-order valence-corrected chi connectivity index (χ2v) is 4.66. The minimum atomic E-state index is -1.20. The summed E-state index contributed by atoms with van der Waals surface area (Å²) in [5.41, 5.74) is 0.318. The zero-order chi connectivity index (χ0) is 14.7. The average Bonchev–Trinajstić information content (AvgIpc) is 2.35. The van der Waals surface area contributed by atoms with Gasteiger partial charge in [-0.25, -0.2) is 13.2 Å². The summed E-state index contributed by atoms with van der Waals surface area (Å²) >= 11 is 5.68. The monoisotopic (exact) mass is 301 g/mol. The fourth-order valence-electron chi connectivity index (χ4n) is 1.75. The number of anilines is 1. The molecule has 0 amide bonds. The van der Waals surface area contributed by atoms with Crippen molar-refractivity contribution in [2.45, 2.75) is 6.10 Å². The number of aliphatic hydroxyl groups is 1. The first kappa shape index (κ1) is 14.7. The Morgan fingerprint density at radius 1 is 1.05 bits per heavy atom. The van der Waals surface area contributed by atoms with Crippen molar-refractivity contribution < 1.29 is 18.3 Å². The maximum atomic E-state index is 13.4. The number of aliphatic hydroxyl groups excluding tert-OH is 1. The van der Waals surface area contributed by atoms with E-state index in [1.807, 2.05) is 0 Å². The molecule has 20 heavy (non-hydrogen) atoms. The summed E-state index contributed by atoms with van der Waals surface area (Å²) in [6, 6.07) is 6.72. The average molecular weight is 302 g/mol. The first-order chi connectivity index (χ1) is 9.45. The lowest BCUT2D eigenvalue weighted by atomic mass is 10.1. The normalized spacial score (nSPS) is 12.2. The number of hydrogen-bond donors (Lipinski definition) is 2. The van der Waals surface area contributed by atoms with Gasteiger partial charge in [-0.2, -0.15) is 0 Å². The van der Waals surface area contributed by atoms with Gasteiger partial charge in [-0.1, -0.05) is 17.7 Å². The van der Waals surface area contributed by atoms with Gasteiger partial charge in [0.15, 0.2) is 0 Å². The summed E-state index contributed by atoms with van der Waals surface area (Å²) in [5.74, 6) is -2.08. The Bertz CT molecular complexity index is 601. The topological polar surface area (TPSA) is 32.3 Å². The van der Waals surface area contributed by atoms with Gasteiger partial charge in [0.05, 0.1) is 6.10 Å². The quantitative estimate of drug-likeness (QED) is 0.897. The van der Waals surface area contributed by atoms with E-state index in [0.29, 0.717) is 11.8 Å². The molecule has 0 heterocycles. The molecular weight excluding hydrogens is 291 g/mol. The summed E-state index contributed by atoms with van der Waals surface area (Å²) in [6.07, 6.45) is -1.20. The molecule has 0 aliphatic carbocycles. The highest BCUT2D eigenvalue weighted by molar-refractivity contribution is 6.30. The summed E-state index contributed by atoms with van der Waals surface area (Å²) in [5, 5.41) is 12.8. The maximum Gasteiger partial charge on any atom is 0.131 e. The first-order valence-corrected chi connectivity index (χ1v) is 6.16. The lowest BCUT2D eigenvalue weighted by Crippen LogP contribution is -2.13. The Balaban J connectivity index is 2.06. The van der Waals surface area contributed by atoms with Crippen LogP contribution in [0.4, 0.5) is 18.9 Å². The summed E-state index contributed by atoms with van der Waals surface area (Å²) in [6.45, 7) is -0.0671. The molecule has 0 radical (unpaired) electrons. The molecule has 0 bridgehead atoms. The minimum absolute atomic E-state index is 0.0404. The lowest BCUT2D eigenvalue weighted by molar-refractivity contribution is 0.186. The maximum absolute atomic E-state index is 13.4. The Morgan fingerprint density at radius 2 is 1.80 bits per heavy atom. The molecule has 0 fully saturated rings. The summed E-state index contributed by atoms with van der Waals surface area (Å²) in [7, 11) is 0. The first-order valence-electron chi connectivity index (χ1n) is 5.78. The van der Waals surface area contributed by atoms with Crippen LogP contribution in [0, 0.1) is 17.5 Å². The molecular formula is C14H11ClF3NO. The Morgan fingerprint density at radius 3 is 2.45 bits per heavy atom. The van der Waals surface area contributed by atoms with Crippen molar-refractivity contribution in [3.63, 3.8) is 0 Å². The van der Waals surface area contributed by atoms with Crippen LogP contribution in [0.25, 0.3) is 0 Å². The SMILES string of the molecule is OC(CNc1cc(F)cc(Cl)c1)c1ccc(F)cc1F. The number of benzene rings is 2. The molecule has 0 saturated heterocycles. The smallest absolute Gasteiger partial charge is 0.131 e. The lowest BCUT2D eigenvalue weighted by Gasteiger charge is -2.14. The highest BCUT2D eigenvalue weighted by Crippen LogP contribution is 2.21. The van der Waals surface area contributed by atoms with Crippen LogP contribution in [-0.2, 0) is 0 Å². The van der Waals surface area contributed by atoms with Crippen LogP contribution in [0.2, 0.25) is 5.02 Å². The number of halogens is 4. The van der Waals surface area contributed by atoms with Crippen LogP contribution < -0.4 is 5.32 Å². The van der Waals surface area contributed by atoms with Gasteiger partial charge in [0.1, 0.15) is 17.5 Å². The van der Waals surface area contributed by atoms with Gasteiger partial charge in [0, 0.05) is 28.9 Å². The number of hydrogen-bond acceptors (Lipinski definition) is 2. The van der Waals surface area contributed by atoms with Gasteiger partial charge in [-0.3, -0.25) is 0 Å². The fourth-order valence-corrected chi connectivity index (χ4v) is 1.97. The zero-order valence-electron chi connectivity index (χ0n) is 10.2. The van der Waals surface area contributed by atoms with E-state index in [0.717, 1.165) is 18.2 Å². The third-order valence-electron chi connectivity index (χ3n) is 2.68. The van der Waals surface area contributed by atoms with Crippen LogP contribution in [0.5, 0.6) is 0 Å². The van der Waals surface area contributed by atoms with Crippen LogP contribution in [0.1, 0.15) is 11.7 Å². The molecule has 106 valence electrons. The molecule has 2 aromatic rings. The van der Waals surface area contributed by atoms with E-state index in [1.165, 1.54) is 12.1 Å². The molecule has 2 aromatic carbocycles. The van der Waals surface area contributed by atoms with E-state index < -0.39 is 23.6 Å². The third kappa shape index (κ3) is 3.65. The van der Waals surface area contributed by atoms with E-state index in [4.69, 9.17) is 11.6 Å². The molecule has 2 nitrogen and oxygen atoms in total. The predicted molar refractivity (Wildman–Crippen MR) is 71.2 cm³/mol. The van der Waals surface area contributed by atoms with Crippen molar-refractivity contribution in [2.75, 3.05) is 11.9 Å². The highest BCUT2D eigenvalue weighted by atomic mass is 35.5. The molecule has 6 heteroatoms. The predicted octanol–water partition coefficient (Wildman–Crippen LogP) is 3.90. The van der Waals surface area contributed by atoms with Gasteiger partial charge in [-0.15, -0.1) is 0 Å². The zero-order valence-corrected chi connectivity index (χ0v) is 11.0. The van der Waals surface area contributed by atoms with Crippen LogP contribution in [-0.4, -0.2) is 11.7 Å². The summed E-state index contributed by atoms with van der Waals surface area (Å²) < 4.78 is 39.3. The minimum Gasteiger partial charge on any atom is -0.386 e. The van der Waals surface area contributed by atoms with E-state index in [-0.39, 0.29) is 17.1 Å². The van der Waals surface area contributed by atoms with Gasteiger partial charge in [0.25, 0.3) is 0 Å². The molecule has 2 rings (SSSR count). The molecule has 0 spiro atoms. The Kier molecular flexibility index (Phi) is 4.52. The van der Waals surface area contributed by atoms with Crippen molar-refractivity contribution in [1.29, 1.82) is 0 Å². The van der Waals surface area contributed by atoms with E-state index in [9.17, 15) is 18.3 Å². The molecule has 1 atom stereocenters. The Hall–Kier alpha value is -1.72. The van der Waals surface area contributed by atoms with Gasteiger partial charge >= 0.3 is 0 Å². The molecule has 1 unspecified atom stereocenters. The molecule has 2 N–H and O–H groups in total. The molecule has 0 aromatic heterocycles. The van der Waals surface area contributed by atoms with Crippen molar-refractivity contribution in [3.8, 4) is 0 Å². The standard InChI is InChI=1S/C14H11ClF3NO/c15-8-3-10(17)5-11(4-8)19-7-14(20)12-2-1-9(16)6-13(12)18/h1-6,14,19-20H,7H2. The molecule has 0 aliphatic heterocycles. The summed E-state index contributed by atoms with van der Waals surface area (Å²) in [4.78, 5) is 0. The van der Waals surface area contributed by atoms with Crippen molar-refractivity contribution in [1.82, 2.24) is 0 Å². The van der Waals surface area contributed by atoms with Crippen LogP contribution in [0.3, 0.4) is 0 Å². The van der Waals surface area contributed by atoms with Crippen molar-refractivity contribution in [2.24, 2.45) is 0 Å². The third-order valence-corrected chi connectivity index (χ3v) is 2.90. The van der Waals surface area contributed by atoms with Gasteiger partial charge in [-0.05, 0) is 24.3 Å². The largest absolute Gasteiger partial charge is 0.386 e.